The molecule has 2 N–H and O–H groups in total. The molecule has 0 aliphatic rings. The molecule has 1 aromatic heterocycles. The summed E-state index contributed by atoms with van der Waals surface area (Å²) in [6.07, 6.45) is -2.25. The zero-order valence-corrected chi connectivity index (χ0v) is 14.1. The molecular weight excluding hydrogens is 353 g/mol. The number of fused-ring (bicyclic) bond motifs is 1. The number of H-pyrrole nitrogens is 1. The van der Waals surface area contributed by atoms with E-state index in [9.17, 15) is 13.2 Å². The van der Waals surface area contributed by atoms with E-state index in [4.69, 9.17) is 11.6 Å². The fourth-order valence-electron chi connectivity index (χ4n) is 2.77. The van der Waals surface area contributed by atoms with E-state index < -0.39 is 6.36 Å². The van der Waals surface area contributed by atoms with E-state index in [1.54, 1.807) is 6.07 Å². The first-order chi connectivity index (χ1) is 11.9. The Hall–Kier alpha value is -2.18. The van der Waals surface area contributed by atoms with Crippen LogP contribution in [0.5, 0.6) is 5.75 Å². The minimum Gasteiger partial charge on any atom is -0.406 e. The van der Waals surface area contributed by atoms with Crippen molar-refractivity contribution in [1.82, 2.24) is 10.3 Å². The van der Waals surface area contributed by atoms with Crippen molar-refractivity contribution < 1.29 is 17.9 Å². The molecule has 0 radical (unpaired) electrons. The zero-order valence-electron chi connectivity index (χ0n) is 13.4. The highest BCUT2D eigenvalue weighted by atomic mass is 35.5. The average molecular weight is 369 g/mol. The molecule has 1 heterocycles. The molecular formula is C18H16ClF3N2O. The Morgan fingerprint density at radius 1 is 1.12 bits per heavy atom. The van der Waals surface area contributed by atoms with E-state index in [1.807, 2.05) is 31.4 Å². The second-order valence-corrected chi connectivity index (χ2v) is 6.11. The molecule has 2 aromatic carbocycles. The van der Waals surface area contributed by atoms with Crippen LogP contribution in [0.15, 0.2) is 42.6 Å². The van der Waals surface area contributed by atoms with E-state index >= 15 is 0 Å². The van der Waals surface area contributed by atoms with E-state index in [0.717, 1.165) is 28.6 Å². The zero-order chi connectivity index (χ0) is 18.0. The first-order valence-electron chi connectivity index (χ1n) is 7.63. The fraction of sp³-hybridized carbons (Fsp3) is 0.222. The summed E-state index contributed by atoms with van der Waals surface area (Å²) in [7, 11) is 1.89. The quantitative estimate of drug-likeness (QED) is 0.662. The Balaban J connectivity index is 1.81. The monoisotopic (exact) mass is 368 g/mol. The van der Waals surface area contributed by atoms with Gasteiger partial charge in [-0.25, -0.2) is 0 Å². The summed E-state index contributed by atoms with van der Waals surface area (Å²) in [6.45, 7) is 0.770. The van der Waals surface area contributed by atoms with Crippen LogP contribution in [0.4, 0.5) is 13.2 Å². The van der Waals surface area contributed by atoms with Crippen LogP contribution in [0.1, 0.15) is 16.7 Å². The predicted molar refractivity (Wildman–Crippen MR) is 92.0 cm³/mol. The number of alkyl halides is 3. The number of rotatable bonds is 5. The van der Waals surface area contributed by atoms with Gasteiger partial charge in [0.15, 0.2) is 0 Å². The summed E-state index contributed by atoms with van der Waals surface area (Å²) in [4.78, 5) is 3.23. The lowest BCUT2D eigenvalue weighted by Crippen LogP contribution is -2.17. The molecule has 0 atom stereocenters. The number of nitrogens with one attached hydrogen (secondary N) is 2. The van der Waals surface area contributed by atoms with Crippen LogP contribution in [0.3, 0.4) is 0 Å². The third kappa shape index (κ3) is 4.27. The van der Waals surface area contributed by atoms with Gasteiger partial charge in [0, 0.05) is 28.7 Å². The maximum absolute atomic E-state index is 12.3. The molecule has 0 bridgehead atoms. The minimum absolute atomic E-state index is 0.240. The maximum atomic E-state index is 12.3. The highest BCUT2D eigenvalue weighted by molar-refractivity contribution is 6.31. The summed E-state index contributed by atoms with van der Waals surface area (Å²) in [5.74, 6) is -0.322. The first kappa shape index (κ1) is 17.6. The smallest absolute Gasteiger partial charge is 0.406 e. The van der Waals surface area contributed by atoms with E-state index in [0.29, 0.717) is 6.42 Å². The van der Waals surface area contributed by atoms with Gasteiger partial charge in [0.1, 0.15) is 5.75 Å². The van der Waals surface area contributed by atoms with Gasteiger partial charge >= 0.3 is 6.36 Å². The lowest BCUT2D eigenvalue weighted by molar-refractivity contribution is -0.274. The molecule has 0 fully saturated rings. The molecule has 0 unspecified atom stereocenters. The molecule has 0 aliphatic carbocycles. The Kier molecular flexibility index (Phi) is 4.92. The van der Waals surface area contributed by atoms with Crippen LogP contribution in [0, 0.1) is 0 Å². The number of hydrogen-bond donors (Lipinski definition) is 2. The molecule has 0 amide bonds. The van der Waals surface area contributed by atoms with Gasteiger partial charge < -0.3 is 15.0 Å². The molecule has 0 aliphatic heterocycles. The van der Waals surface area contributed by atoms with Crippen LogP contribution >= 0.6 is 11.6 Å². The van der Waals surface area contributed by atoms with Crippen LogP contribution in [-0.2, 0) is 13.0 Å². The predicted octanol–water partition coefficient (Wildman–Crippen LogP) is 5.03. The second-order valence-electron chi connectivity index (χ2n) is 5.70. The number of hydrogen-bond acceptors (Lipinski definition) is 2. The van der Waals surface area contributed by atoms with Crippen LogP contribution in [0.25, 0.3) is 10.9 Å². The van der Waals surface area contributed by atoms with Crippen LogP contribution in [-0.4, -0.2) is 18.4 Å². The number of aromatic amines is 1. The molecule has 3 rings (SSSR count). The Morgan fingerprint density at radius 3 is 2.60 bits per heavy atom. The van der Waals surface area contributed by atoms with Crippen molar-refractivity contribution in [1.29, 1.82) is 0 Å². The normalized spacial score (nSPS) is 11.9. The maximum Gasteiger partial charge on any atom is 0.573 e. The van der Waals surface area contributed by atoms with Crippen molar-refractivity contribution >= 4 is 22.5 Å². The molecule has 132 valence electrons. The summed E-state index contributed by atoms with van der Waals surface area (Å²) in [6, 6.07) is 10.0. The summed E-state index contributed by atoms with van der Waals surface area (Å²) < 4.78 is 40.6. The number of benzene rings is 2. The van der Waals surface area contributed by atoms with Gasteiger partial charge in [0.2, 0.25) is 0 Å². The van der Waals surface area contributed by atoms with E-state index in [-0.39, 0.29) is 10.8 Å². The van der Waals surface area contributed by atoms with Crippen LogP contribution in [0.2, 0.25) is 5.02 Å². The van der Waals surface area contributed by atoms with Crippen molar-refractivity contribution in [3.63, 3.8) is 0 Å². The van der Waals surface area contributed by atoms with Crippen molar-refractivity contribution in [3.8, 4) is 5.75 Å². The lowest BCUT2D eigenvalue weighted by Gasteiger charge is -2.11. The second kappa shape index (κ2) is 6.98. The summed E-state index contributed by atoms with van der Waals surface area (Å²) in [5, 5.41) is 4.49. The van der Waals surface area contributed by atoms with Gasteiger partial charge in [-0.2, -0.15) is 0 Å². The van der Waals surface area contributed by atoms with Gasteiger partial charge in [0.05, 0.1) is 0 Å². The van der Waals surface area contributed by atoms with Gasteiger partial charge in [-0.3, -0.25) is 0 Å². The molecule has 7 heteroatoms. The van der Waals surface area contributed by atoms with Gasteiger partial charge in [0.25, 0.3) is 0 Å². The Bertz CT molecular complexity index is 890. The lowest BCUT2D eigenvalue weighted by atomic mass is 10.0. The van der Waals surface area contributed by atoms with Crippen LogP contribution < -0.4 is 10.1 Å². The van der Waals surface area contributed by atoms with E-state index in [2.05, 4.69) is 15.0 Å². The third-order valence-corrected chi connectivity index (χ3v) is 4.20. The molecule has 3 aromatic rings. The molecule has 0 spiro atoms. The van der Waals surface area contributed by atoms with E-state index in [1.165, 1.54) is 17.7 Å². The Morgan fingerprint density at radius 2 is 1.92 bits per heavy atom. The highest BCUT2D eigenvalue weighted by Crippen LogP contribution is 2.29. The average Bonchev–Trinajstić information content (AvgIpc) is 2.91. The van der Waals surface area contributed by atoms with Gasteiger partial charge in [-0.1, -0.05) is 29.8 Å². The highest BCUT2D eigenvalue weighted by Gasteiger charge is 2.31. The number of aromatic nitrogens is 1. The minimum atomic E-state index is -4.73. The van der Waals surface area contributed by atoms with Gasteiger partial charge in [-0.05, 0) is 48.4 Å². The SMILES string of the molecule is CNCc1c[nH]c2cc(Cc3ccc(OC(F)(F)F)cc3Cl)ccc12. The Labute approximate surface area is 147 Å². The standard InChI is InChI=1S/C18H16ClF3N2O/c1-23-9-13-10-24-17-7-11(2-5-15(13)17)6-12-3-4-14(8-16(12)19)25-18(20,21)22/h2-5,7-8,10,23-24H,6,9H2,1H3. The molecule has 3 nitrogen and oxygen atoms in total. The van der Waals surface area contributed by atoms with Crippen molar-refractivity contribution in [2.75, 3.05) is 7.05 Å². The van der Waals surface area contributed by atoms with Crippen molar-refractivity contribution in [2.24, 2.45) is 0 Å². The first-order valence-corrected chi connectivity index (χ1v) is 8.01. The molecule has 25 heavy (non-hydrogen) atoms. The van der Waals surface area contributed by atoms with Crippen molar-refractivity contribution in [3.05, 3.63) is 64.3 Å². The summed E-state index contributed by atoms with van der Waals surface area (Å²) in [5.41, 5.74) is 3.93. The van der Waals surface area contributed by atoms with Gasteiger partial charge in [-0.15, -0.1) is 13.2 Å². The molecule has 0 saturated carbocycles. The number of halogens is 4. The fourth-order valence-corrected chi connectivity index (χ4v) is 3.01. The van der Waals surface area contributed by atoms with Crippen molar-refractivity contribution in [2.45, 2.75) is 19.3 Å². The largest absolute Gasteiger partial charge is 0.573 e. The topological polar surface area (TPSA) is 37.0 Å². The molecule has 0 saturated heterocycles. The third-order valence-electron chi connectivity index (χ3n) is 3.85. The number of ether oxygens (including phenoxy) is 1. The summed E-state index contributed by atoms with van der Waals surface area (Å²) >= 11 is 6.11.